The quantitative estimate of drug-likeness (QED) is 0.565. The summed E-state index contributed by atoms with van der Waals surface area (Å²) in [4.78, 5) is 27.7. The average molecular weight is 455 g/mol. The van der Waals surface area contributed by atoms with E-state index in [1.165, 1.54) is 0 Å². The smallest absolute Gasteiger partial charge is 0.261 e. The van der Waals surface area contributed by atoms with Crippen LogP contribution in [-0.2, 0) is 21.5 Å². The Balaban J connectivity index is 2.22. The molecule has 6 heteroatoms. The lowest BCUT2D eigenvalue weighted by Crippen LogP contribution is -2.50. The Morgan fingerprint density at radius 2 is 1.67 bits per heavy atom. The first-order valence-electron chi connectivity index (χ1n) is 11.5. The number of nitrogens with one attached hydrogen (secondary N) is 1. The third-order valence-corrected chi connectivity index (χ3v) is 5.73. The Morgan fingerprint density at radius 3 is 2.24 bits per heavy atom. The van der Waals surface area contributed by atoms with E-state index in [4.69, 9.17) is 9.47 Å². The Kier molecular flexibility index (Phi) is 9.32. The molecule has 6 nitrogen and oxygen atoms in total. The van der Waals surface area contributed by atoms with E-state index in [0.29, 0.717) is 12.3 Å². The zero-order valence-electron chi connectivity index (χ0n) is 21.0. The summed E-state index contributed by atoms with van der Waals surface area (Å²) in [7, 11) is 1.61. The van der Waals surface area contributed by atoms with Gasteiger partial charge in [0.1, 0.15) is 17.5 Å². The van der Waals surface area contributed by atoms with Crippen LogP contribution in [0.1, 0.15) is 59.1 Å². The Labute approximate surface area is 198 Å². The molecule has 0 saturated heterocycles. The summed E-state index contributed by atoms with van der Waals surface area (Å²) >= 11 is 0. The van der Waals surface area contributed by atoms with Crippen LogP contribution in [0.15, 0.2) is 48.5 Å². The van der Waals surface area contributed by atoms with Crippen molar-refractivity contribution in [3.63, 3.8) is 0 Å². The highest BCUT2D eigenvalue weighted by atomic mass is 16.5. The molecule has 0 fully saturated rings. The number of carbonyl (C=O) groups is 2. The SMILES string of the molecule is CC[C@@H](C)NC(=O)[C@H](C)N(Cc1ccc(OC)cc1)C(=O)COc1ccccc1C(C)(C)C. The van der Waals surface area contributed by atoms with Crippen LogP contribution < -0.4 is 14.8 Å². The van der Waals surface area contributed by atoms with Crippen LogP contribution in [0, 0.1) is 0 Å². The fourth-order valence-electron chi connectivity index (χ4n) is 3.41. The van der Waals surface area contributed by atoms with E-state index in [1.54, 1.807) is 18.9 Å². The molecule has 0 spiro atoms. The third-order valence-electron chi connectivity index (χ3n) is 5.73. The van der Waals surface area contributed by atoms with Gasteiger partial charge in [-0.3, -0.25) is 9.59 Å². The van der Waals surface area contributed by atoms with Crippen molar-refractivity contribution in [3.05, 3.63) is 59.7 Å². The lowest BCUT2D eigenvalue weighted by molar-refractivity contribution is -0.142. The van der Waals surface area contributed by atoms with E-state index < -0.39 is 6.04 Å². The van der Waals surface area contributed by atoms with Gasteiger partial charge in [0.2, 0.25) is 5.91 Å². The summed E-state index contributed by atoms with van der Waals surface area (Å²) < 4.78 is 11.2. The molecule has 2 rings (SSSR count). The average Bonchev–Trinajstić information content (AvgIpc) is 2.80. The number of hydrogen-bond donors (Lipinski definition) is 1. The number of para-hydroxylation sites is 1. The summed E-state index contributed by atoms with van der Waals surface area (Å²) in [6, 6.07) is 14.6. The molecule has 1 N–H and O–H groups in total. The molecule has 0 bridgehead atoms. The van der Waals surface area contributed by atoms with Gasteiger partial charge in [-0.1, -0.05) is 58.0 Å². The molecule has 2 aromatic carbocycles. The van der Waals surface area contributed by atoms with Gasteiger partial charge >= 0.3 is 0 Å². The minimum Gasteiger partial charge on any atom is -0.497 e. The van der Waals surface area contributed by atoms with E-state index in [1.807, 2.05) is 62.4 Å². The van der Waals surface area contributed by atoms with Crippen molar-refractivity contribution >= 4 is 11.8 Å². The normalized spacial score (nSPS) is 13.1. The predicted octanol–water partition coefficient (Wildman–Crippen LogP) is 4.70. The van der Waals surface area contributed by atoms with Crippen molar-refractivity contribution in [2.45, 2.75) is 72.0 Å². The number of carbonyl (C=O) groups excluding carboxylic acids is 2. The largest absolute Gasteiger partial charge is 0.497 e. The van der Waals surface area contributed by atoms with Gasteiger partial charge in [0.05, 0.1) is 7.11 Å². The van der Waals surface area contributed by atoms with Gasteiger partial charge in [-0.2, -0.15) is 0 Å². The lowest BCUT2D eigenvalue weighted by atomic mass is 9.86. The summed E-state index contributed by atoms with van der Waals surface area (Å²) in [5, 5.41) is 2.98. The molecule has 0 aliphatic carbocycles. The number of benzene rings is 2. The molecule has 0 aliphatic heterocycles. The second kappa shape index (κ2) is 11.7. The van der Waals surface area contributed by atoms with Crippen LogP contribution in [0.25, 0.3) is 0 Å². The zero-order chi connectivity index (χ0) is 24.6. The molecule has 2 atom stereocenters. The van der Waals surface area contributed by atoms with Crippen LogP contribution in [0.3, 0.4) is 0 Å². The minimum absolute atomic E-state index is 0.0350. The van der Waals surface area contributed by atoms with Crippen LogP contribution in [-0.4, -0.2) is 42.5 Å². The maximum Gasteiger partial charge on any atom is 0.261 e. The summed E-state index contributed by atoms with van der Waals surface area (Å²) in [5.41, 5.74) is 1.82. The standard InChI is InChI=1S/C27H38N2O4/c1-8-19(2)28-26(31)20(3)29(17-21-13-15-22(32-7)16-14-21)25(30)18-33-24-12-10-9-11-23(24)27(4,5)6/h9-16,19-20H,8,17-18H2,1-7H3,(H,28,31)/t19-,20+/m1/s1. The fraction of sp³-hybridized carbons (Fsp3) is 0.481. The van der Waals surface area contributed by atoms with E-state index >= 15 is 0 Å². The van der Waals surface area contributed by atoms with Crippen LogP contribution >= 0.6 is 0 Å². The van der Waals surface area contributed by atoms with Crippen LogP contribution in [0.2, 0.25) is 0 Å². The van der Waals surface area contributed by atoms with Gasteiger partial charge in [-0.25, -0.2) is 0 Å². The van der Waals surface area contributed by atoms with E-state index in [-0.39, 0.29) is 29.9 Å². The number of nitrogens with zero attached hydrogens (tertiary/aromatic N) is 1. The molecular formula is C27H38N2O4. The molecule has 2 aromatic rings. The maximum absolute atomic E-state index is 13.3. The number of methoxy groups -OCH3 is 1. The second-order valence-electron chi connectivity index (χ2n) is 9.40. The molecule has 0 unspecified atom stereocenters. The fourth-order valence-corrected chi connectivity index (χ4v) is 3.41. The molecule has 0 aliphatic rings. The Bertz CT molecular complexity index is 918. The highest BCUT2D eigenvalue weighted by Gasteiger charge is 2.28. The summed E-state index contributed by atoms with van der Waals surface area (Å²) in [6.07, 6.45) is 0.817. The number of hydrogen-bond acceptors (Lipinski definition) is 4. The maximum atomic E-state index is 13.3. The van der Waals surface area contributed by atoms with Crippen molar-refractivity contribution in [2.24, 2.45) is 0 Å². The van der Waals surface area contributed by atoms with Gasteiger partial charge < -0.3 is 19.7 Å². The monoisotopic (exact) mass is 454 g/mol. The van der Waals surface area contributed by atoms with E-state index in [9.17, 15) is 9.59 Å². The van der Waals surface area contributed by atoms with Crippen molar-refractivity contribution in [1.82, 2.24) is 10.2 Å². The summed E-state index contributed by atoms with van der Waals surface area (Å²) in [6.45, 7) is 12.2. The highest BCUT2D eigenvalue weighted by Crippen LogP contribution is 2.31. The van der Waals surface area contributed by atoms with Crippen LogP contribution in [0.4, 0.5) is 0 Å². The van der Waals surface area contributed by atoms with Crippen LogP contribution in [0.5, 0.6) is 11.5 Å². The Hall–Kier alpha value is -3.02. The first kappa shape index (κ1) is 26.2. The minimum atomic E-state index is -0.643. The van der Waals surface area contributed by atoms with Crippen molar-refractivity contribution in [1.29, 1.82) is 0 Å². The highest BCUT2D eigenvalue weighted by molar-refractivity contribution is 5.88. The molecular weight excluding hydrogens is 416 g/mol. The molecule has 2 amide bonds. The van der Waals surface area contributed by atoms with E-state index in [2.05, 4.69) is 26.1 Å². The molecule has 180 valence electrons. The number of ether oxygens (including phenoxy) is 2. The second-order valence-corrected chi connectivity index (χ2v) is 9.40. The first-order chi connectivity index (χ1) is 15.6. The molecule has 0 heterocycles. The first-order valence-corrected chi connectivity index (χ1v) is 11.5. The molecule has 0 aromatic heterocycles. The van der Waals surface area contributed by atoms with Gasteiger partial charge in [0, 0.05) is 12.6 Å². The Morgan fingerprint density at radius 1 is 1.03 bits per heavy atom. The van der Waals surface area contributed by atoms with Crippen molar-refractivity contribution < 1.29 is 19.1 Å². The molecule has 0 radical (unpaired) electrons. The van der Waals surface area contributed by atoms with Gasteiger partial charge in [-0.05, 0) is 55.0 Å². The zero-order valence-corrected chi connectivity index (χ0v) is 21.0. The number of amides is 2. The van der Waals surface area contributed by atoms with Gasteiger partial charge in [-0.15, -0.1) is 0 Å². The van der Waals surface area contributed by atoms with Crippen molar-refractivity contribution in [3.8, 4) is 11.5 Å². The van der Waals surface area contributed by atoms with Gasteiger partial charge in [0.15, 0.2) is 6.61 Å². The van der Waals surface area contributed by atoms with Crippen molar-refractivity contribution in [2.75, 3.05) is 13.7 Å². The lowest BCUT2D eigenvalue weighted by Gasteiger charge is -2.30. The predicted molar refractivity (Wildman–Crippen MR) is 132 cm³/mol. The van der Waals surface area contributed by atoms with E-state index in [0.717, 1.165) is 23.3 Å². The summed E-state index contributed by atoms with van der Waals surface area (Å²) in [5.74, 6) is 0.989. The number of rotatable bonds is 10. The molecule has 33 heavy (non-hydrogen) atoms. The third kappa shape index (κ3) is 7.52. The van der Waals surface area contributed by atoms with Gasteiger partial charge in [0.25, 0.3) is 5.91 Å². The topological polar surface area (TPSA) is 67.9 Å². The molecule has 0 saturated carbocycles.